The van der Waals surface area contributed by atoms with Gasteiger partial charge in [-0.3, -0.25) is 0 Å². The Balaban J connectivity index is 2.04. The predicted molar refractivity (Wildman–Crippen MR) is 82.2 cm³/mol. The monoisotopic (exact) mass is 292 g/mol. The van der Waals surface area contributed by atoms with Gasteiger partial charge in [-0.1, -0.05) is 0 Å². The number of likely N-dealkylation sites (tertiary alicyclic amines) is 1. The topological polar surface area (TPSA) is 34.0 Å². The first kappa shape index (κ1) is 13.8. The number of nitrogens with zero attached hydrogens (tertiary/aromatic N) is 4. The summed E-state index contributed by atoms with van der Waals surface area (Å²) < 4.78 is 2.21. The molecule has 0 spiro atoms. The highest BCUT2D eigenvalue weighted by atomic mass is 35.5. The molecular weight excluding hydrogens is 272 g/mol. The average molecular weight is 293 g/mol. The minimum atomic E-state index is -0.101. The number of aromatic nitrogens is 3. The molecule has 20 heavy (non-hydrogen) atoms. The van der Waals surface area contributed by atoms with Crippen LogP contribution in [0.3, 0.4) is 0 Å². The van der Waals surface area contributed by atoms with E-state index >= 15 is 0 Å². The fourth-order valence-electron chi connectivity index (χ4n) is 3.03. The summed E-state index contributed by atoms with van der Waals surface area (Å²) in [7, 11) is 2.19. The van der Waals surface area contributed by atoms with Gasteiger partial charge in [-0.2, -0.15) is 0 Å². The zero-order chi connectivity index (χ0) is 14.3. The molecule has 2 unspecified atom stereocenters. The van der Waals surface area contributed by atoms with E-state index in [4.69, 9.17) is 16.6 Å². The minimum absolute atomic E-state index is 0.101. The maximum atomic E-state index is 6.32. The lowest BCUT2D eigenvalue weighted by Gasteiger charge is -2.21. The van der Waals surface area contributed by atoms with E-state index in [0.717, 1.165) is 29.1 Å². The van der Waals surface area contributed by atoms with Crippen LogP contribution in [-0.2, 0) is 6.54 Å². The van der Waals surface area contributed by atoms with Crippen LogP contribution in [0.2, 0.25) is 0 Å². The molecule has 108 valence electrons. The standard InChI is InChI=1S/C15H21ClN4/c1-10-7-13-15(17-8-10)20(14(18-13)11(2)16)9-12-5-4-6-19(12)3/h7-8,11-12H,4-6,9H2,1-3H3. The molecule has 0 amide bonds. The Labute approximate surface area is 124 Å². The van der Waals surface area contributed by atoms with Crippen molar-refractivity contribution in [3.05, 3.63) is 23.7 Å². The van der Waals surface area contributed by atoms with Crippen molar-refractivity contribution in [2.24, 2.45) is 0 Å². The van der Waals surface area contributed by atoms with Crippen molar-refractivity contribution in [2.45, 2.75) is 44.7 Å². The molecule has 1 saturated heterocycles. The molecule has 4 nitrogen and oxygen atoms in total. The molecule has 0 N–H and O–H groups in total. The van der Waals surface area contributed by atoms with Gasteiger partial charge in [0.25, 0.3) is 0 Å². The number of imidazole rings is 1. The number of pyridine rings is 1. The van der Waals surface area contributed by atoms with Gasteiger partial charge in [0.2, 0.25) is 0 Å². The largest absolute Gasteiger partial charge is 0.310 e. The maximum Gasteiger partial charge on any atom is 0.160 e. The molecule has 0 radical (unpaired) electrons. The molecule has 0 bridgehead atoms. The van der Waals surface area contributed by atoms with Gasteiger partial charge in [0, 0.05) is 18.8 Å². The van der Waals surface area contributed by atoms with Crippen molar-refractivity contribution in [3.63, 3.8) is 0 Å². The first-order chi connectivity index (χ1) is 9.56. The highest BCUT2D eigenvalue weighted by Crippen LogP contribution is 2.26. The minimum Gasteiger partial charge on any atom is -0.310 e. The summed E-state index contributed by atoms with van der Waals surface area (Å²) in [4.78, 5) is 11.7. The SMILES string of the molecule is Cc1cnc2c(c1)nc(C(C)Cl)n2CC1CCCN1C. The molecule has 1 aliphatic rings. The number of fused-ring (bicyclic) bond motifs is 1. The Morgan fingerprint density at radius 2 is 2.30 bits per heavy atom. The van der Waals surface area contributed by atoms with E-state index in [1.807, 2.05) is 20.0 Å². The van der Waals surface area contributed by atoms with Gasteiger partial charge in [0.05, 0.1) is 5.38 Å². The Morgan fingerprint density at radius 1 is 1.50 bits per heavy atom. The van der Waals surface area contributed by atoms with E-state index < -0.39 is 0 Å². The lowest BCUT2D eigenvalue weighted by molar-refractivity contribution is 0.282. The Kier molecular flexibility index (Phi) is 3.69. The highest BCUT2D eigenvalue weighted by Gasteiger charge is 2.24. The van der Waals surface area contributed by atoms with Crippen molar-refractivity contribution in [1.29, 1.82) is 0 Å². The average Bonchev–Trinajstić information content (AvgIpc) is 2.95. The number of aryl methyl sites for hydroxylation is 1. The van der Waals surface area contributed by atoms with Gasteiger partial charge in [-0.05, 0) is 51.9 Å². The summed E-state index contributed by atoms with van der Waals surface area (Å²) in [5.74, 6) is 0.931. The third-order valence-electron chi connectivity index (χ3n) is 4.17. The fraction of sp³-hybridized carbons (Fsp3) is 0.600. The van der Waals surface area contributed by atoms with Gasteiger partial charge in [-0.15, -0.1) is 11.6 Å². The number of hydrogen-bond donors (Lipinski definition) is 0. The number of likely N-dealkylation sites (N-methyl/N-ethyl adjacent to an activating group) is 1. The maximum absolute atomic E-state index is 6.32. The van der Waals surface area contributed by atoms with Gasteiger partial charge in [-0.25, -0.2) is 9.97 Å². The van der Waals surface area contributed by atoms with Crippen LogP contribution in [0.4, 0.5) is 0 Å². The second-order valence-electron chi connectivity index (χ2n) is 5.83. The Hall–Kier alpha value is -1.13. The smallest absolute Gasteiger partial charge is 0.160 e. The molecular formula is C15H21ClN4. The number of alkyl halides is 1. The molecule has 0 saturated carbocycles. The molecule has 5 heteroatoms. The first-order valence-corrected chi connectivity index (χ1v) is 7.67. The van der Waals surface area contributed by atoms with Crippen LogP contribution in [0.15, 0.2) is 12.3 Å². The Morgan fingerprint density at radius 3 is 2.95 bits per heavy atom. The van der Waals surface area contributed by atoms with E-state index in [1.165, 1.54) is 19.4 Å². The van der Waals surface area contributed by atoms with E-state index in [1.54, 1.807) is 0 Å². The zero-order valence-corrected chi connectivity index (χ0v) is 13.1. The molecule has 0 aliphatic carbocycles. The Bertz CT molecular complexity index is 620. The summed E-state index contributed by atoms with van der Waals surface area (Å²) in [6.07, 6.45) is 4.41. The quantitative estimate of drug-likeness (QED) is 0.815. The van der Waals surface area contributed by atoms with Crippen molar-refractivity contribution in [3.8, 4) is 0 Å². The van der Waals surface area contributed by atoms with Crippen molar-refractivity contribution >= 4 is 22.8 Å². The van der Waals surface area contributed by atoms with E-state index in [9.17, 15) is 0 Å². The van der Waals surface area contributed by atoms with Crippen molar-refractivity contribution in [1.82, 2.24) is 19.4 Å². The van der Waals surface area contributed by atoms with Crippen LogP contribution in [0.25, 0.3) is 11.2 Å². The van der Waals surface area contributed by atoms with E-state index in [-0.39, 0.29) is 5.38 Å². The molecule has 3 rings (SSSR count). The third kappa shape index (κ3) is 2.42. The predicted octanol–water partition coefficient (Wildman–Crippen LogP) is 3.13. The lowest BCUT2D eigenvalue weighted by atomic mass is 10.2. The molecule has 3 heterocycles. The zero-order valence-electron chi connectivity index (χ0n) is 12.3. The normalized spacial score (nSPS) is 21.7. The highest BCUT2D eigenvalue weighted by molar-refractivity contribution is 6.20. The van der Waals surface area contributed by atoms with Crippen LogP contribution in [0.1, 0.15) is 36.5 Å². The molecule has 1 fully saturated rings. The second kappa shape index (κ2) is 5.34. The van der Waals surface area contributed by atoms with Crippen LogP contribution in [0.5, 0.6) is 0 Å². The van der Waals surface area contributed by atoms with Crippen molar-refractivity contribution < 1.29 is 0 Å². The molecule has 2 atom stereocenters. The van der Waals surface area contributed by atoms with Gasteiger partial charge in [0.15, 0.2) is 5.65 Å². The number of rotatable bonds is 3. The van der Waals surface area contributed by atoms with Crippen LogP contribution in [0, 0.1) is 6.92 Å². The fourth-order valence-corrected chi connectivity index (χ4v) is 3.20. The van der Waals surface area contributed by atoms with E-state index in [2.05, 4.69) is 27.6 Å². The van der Waals surface area contributed by atoms with Crippen LogP contribution < -0.4 is 0 Å². The second-order valence-corrected chi connectivity index (χ2v) is 6.48. The molecule has 0 aromatic carbocycles. The first-order valence-electron chi connectivity index (χ1n) is 7.23. The van der Waals surface area contributed by atoms with Crippen LogP contribution >= 0.6 is 11.6 Å². The molecule has 2 aromatic heterocycles. The van der Waals surface area contributed by atoms with Crippen LogP contribution in [-0.4, -0.2) is 39.1 Å². The molecule has 1 aliphatic heterocycles. The number of hydrogen-bond acceptors (Lipinski definition) is 3. The summed E-state index contributed by atoms with van der Waals surface area (Å²) in [5, 5.41) is -0.101. The summed E-state index contributed by atoms with van der Waals surface area (Å²) in [6.45, 7) is 6.12. The molecule has 2 aromatic rings. The van der Waals surface area contributed by atoms with Gasteiger partial charge in [0.1, 0.15) is 11.3 Å². The number of halogens is 1. The lowest BCUT2D eigenvalue weighted by Crippen LogP contribution is -2.30. The van der Waals surface area contributed by atoms with Gasteiger partial charge >= 0.3 is 0 Å². The summed E-state index contributed by atoms with van der Waals surface area (Å²) in [6, 6.07) is 2.64. The summed E-state index contributed by atoms with van der Waals surface area (Å²) >= 11 is 6.32. The summed E-state index contributed by atoms with van der Waals surface area (Å²) in [5.41, 5.74) is 3.04. The van der Waals surface area contributed by atoms with E-state index in [0.29, 0.717) is 6.04 Å². The van der Waals surface area contributed by atoms with Crippen molar-refractivity contribution in [2.75, 3.05) is 13.6 Å². The van der Waals surface area contributed by atoms with Gasteiger partial charge < -0.3 is 9.47 Å². The third-order valence-corrected chi connectivity index (χ3v) is 4.37.